The van der Waals surface area contributed by atoms with Crippen molar-refractivity contribution in [3.8, 4) is 5.75 Å². The number of likely N-dealkylation sites (N-methyl/N-ethyl adjacent to an activating group) is 1. The maximum absolute atomic E-state index is 5.41. The third-order valence-corrected chi connectivity index (χ3v) is 5.41. The van der Waals surface area contributed by atoms with E-state index in [9.17, 15) is 0 Å². The van der Waals surface area contributed by atoms with Crippen molar-refractivity contribution in [1.82, 2.24) is 10.2 Å². The predicted octanol–water partition coefficient (Wildman–Crippen LogP) is 3.00. The Bertz CT molecular complexity index is 488. The van der Waals surface area contributed by atoms with Crippen LogP contribution in [0.4, 0.5) is 0 Å². The fraction of sp³-hybridized carbons (Fsp3) is 0.667. The van der Waals surface area contributed by atoms with Gasteiger partial charge in [-0.2, -0.15) is 0 Å². The van der Waals surface area contributed by atoms with Crippen LogP contribution in [0.3, 0.4) is 0 Å². The molecule has 0 amide bonds. The number of hydrogen-bond donors (Lipinski definition) is 1. The smallest absolute Gasteiger partial charge is 0.119 e. The van der Waals surface area contributed by atoms with Gasteiger partial charge in [0.1, 0.15) is 5.75 Å². The molecule has 0 aromatic heterocycles. The molecular formula is C18H28N2O. The molecule has 1 heterocycles. The van der Waals surface area contributed by atoms with E-state index < -0.39 is 0 Å². The molecule has 3 atom stereocenters. The van der Waals surface area contributed by atoms with Crippen LogP contribution < -0.4 is 10.1 Å². The van der Waals surface area contributed by atoms with E-state index in [0.717, 1.165) is 11.7 Å². The minimum absolute atomic E-state index is 0.436. The van der Waals surface area contributed by atoms with E-state index in [0.29, 0.717) is 12.1 Å². The van der Waals surface area contributed by atoms with E-state index in [1.54, 1.807) is 7.11 Å². The van der Waals surface area contributed by atoms with Crippen LogP contribution >= 0.6 is 0 Å². The Morgan fingerprint density at radius 2 is 2.24 bits per heavy atom. The highest BCUT2D eigenvalue weighted by molar-refractivity contribution is 5.42. The van der Waals surface area contributed by atoms with Crippen LogP contribution in [0, 0.1) is 5.92 Å². The summed E-state index contributed by atoms with van der Waals surface area (Å²) in [6.07, 6.45) is 5.24. The fourth-order valence-corrected chi connectivity index (χ4v) is 4.15. The Labute approximate surface area is 128 Å². The molecule has 3 heteroatoms. The summed E-state index contributed by atoms with van der Waals surface area (Å²) in [5.74, 6) is 1.86. The number of fused-ring (bicyclic) bond motifs is 1. The van der Waals surface area contributed by atoms with Crippen LogP contribution in [-0.2, 0) is 6.42 Å². The van der Waals surface area contributed by atoms with Gasteiger partial charge in [-0.1, -0.05) is 19.4 Å². The van der Waals surface area contributed by atoms with Gasteiger partial charge in [0.25, 0.3) is 0 Å². The summed E-state index contributed by atoms with van der Waals surface area (Å²) in [6.45, 7) is 4.85. The quantitative estimate of drug-likeness (QED) is 0.922. The number of ether oxygens (including phenoxy) is 1. The molecule has 1 aromatic rings. The van der Waals surface area contributed by atoms with Gasteiger partial charge in [-0.3, -0.25) is 4.90 Å². The predicted molar refractivity (Wildman–Crippen MR) is 86.9 cm³/mol. The maximum atomic E-state index is 5.41. The first-order chi connectivity index (χ1) is 10.3. The Morgan fingerprint density at radius 1 is 1.38 bits per heavy atom. The van der Waals surface area contributed by atoms with Crippen LogP contribution in [0.5, 0.6) is 5.75 Å². The van der Waals surface area contributed by atoms with Gasteiger partial charge in [-0.15, -0.1) is 0 Å². The van der Waals surface area contributed by atoms with Crippen molar-refractivity contribution in [3.63, 3.8) is 0 Å². The van der Waals surface area contributed by atoms with Gasteiger partial charge in [-0.05, 0) is 62.0 Å². The Balaban J connectivity index is 1.81. The molecular weight excluding hydrogens is 260 g/mol. The van der Waals surface area contributed by atoms with E-state index >= 15 is 0 Å². The molecule has 3 nitrogen and oxygen atoms in total. The van der Waals surface area contributed by atoms with E-state index in [1.165, 1.54) is 49.9 Å². The van der Waals surface area contributed by atoms with Crippen molar-refractivity contribution < 1.29 is 4.74 Å². The largest absolute Gasteiger partial charge is 0.497 e. The molecule has 3 unspecified atom stereocenters. The van der Waals surface area contributed by atoms with Crippen molar-refractivity contribution in [2.45, 2.75) is 44.7 Å². The maximum Gasteiger partial charge on any atom is 0.119 e. The normalized spacial score (nSPS) is 29.4. The third-order valence-electron chi connectivity index (χ3n) is 5.41. The second kappa shape index (κ2) is 6.37. The molecule has 1 fully saturated rings. The summed E-state index contributed by atoms with van der Waals surface area (Å²) in [5.41, 5.74) is 2.92. The third kappa shape index (κ3) is 2.82. The molecule has 3 rings (SSSR count). The van der Waals surface area contributed by atoms with Crippen molar-refractivity contribution >= 4 is 0 Å². The standard InChI is InChI=1S/C18H28N2O/c1-4-13-6-5-9-20(12-13)17-10-14-7-8-15(21-3)11-16(14)18(17)19-2/h7-8,11,13,17-19H,4-6,9-10,12H2,1-3H3. The second-order valence-corrected chi connectivity index (χ2v) is 6.51. The number of hydrogen-bond acceptors (Lipinski definition) is 3. The number of benzene rings is 1. The molecule has 1 aromatic carbocycles. The van der Waals surface area contributed by atoms with Gasteiger partial charge in [-0.25, -0.2) is 0 Å². The fourth-order valence-electron chi connectivity index (χ4n) is 4.15. The molecule has 0 spiro atoms. The first kappa shape index (κ1) is 14.9. The lowest BCUT2D eigenvalue weighted by Crippen LogP contribution is -2.47. The molecule has 1 N–H and O–H groups in total. The lowest BCUT2D eigenvalue weighted by Gasteiger charge is -2.39. The number of methoxy groups -OCH3 is 1. The van der Waals surface area contributed by atoms with Crippen molar-refractivity contribution in [1.29, 1.82) is 0 Å². The molecule has 2 aliphatic rings. The van der Waals surface area contributed by atoms with E-state index in [4.69, 9.17) is 4.74 Å². The second-order valence-electron chi connectivity index (χ2n) is 6.51. The first-order valence-corrected chi connectivity index (χ1v) is 8.35. The average Bonchev–Trinajstić information content (AvgIpc) is 2.92. The van der Waals surface area contributed by atoms with Crippen LogP contribution in [0.2, 0.25) is 0 Å². The Hall–Kier alpha value is -1.06. The van der Waals surface area contributed by atoms with Crippen LogP contribution in [0.25, 0.3) is 0 Å². The average molecular weight is 288 g/mol. The highest BCUT2D eigenvalue weighted by atomic mass is 16.5. The highest BCUT2D eigenvalue weighted by Crippen LogP contribution is 2.38. The van der Waals surface area contributed by atoms with Gasteiger partial charge in [0.2, 0.25) is 0 Å². The number of piperidine rings is 1. The molecule has 21 heavy (non-hydrogen) atoms. The van der Waals surface area contributed by atoms with Crippen LogP contribution in [-0.4, -0.2) is 38.2 Å². The number of nitrogens with zero attached hydrogens (tertiary/aromatic N) is 1. The lowest BCUT2D eigenvalue weighted by molar-refractivity contribution is 0.105. The first-order valence-electron chi connectivity index (χ1n) is 8.35. The molecule has 1 saturated heterocycles. The van der Waals surface area contributed by atoms with Gasteiger partial charge >= 0.3 is 0 Å². The topological polar surface area (TPSA) is 24.5 Å². The number of rotatable bonds is 4. The number of likely N-dealkylation sites (tertiary alicyclic amines) is 1. The molecule has 1 aliphatic carbocycles. The molecule has 0 bridgehead atoms. The summed E-state index contributed by atoms with van der Waals surface area (Å²) in [4.78, 5) is 2.73. The highest BCUT2D eigenvalue weighted by Gasteiger charge is 2.37. The lowest BCUT2D eigenvalue weighted by atomic mass is 9.93. The summed E-state index contributed by atoms with van der Waals surface area (Å²) < 4.78 is 5.41. The summed E-state index contributed by atoms with van der Waals surface area (Å²) in [6, 6.07) is 7.61. The molecule has 0 radical (unpaired) electrons. The SMILES string of the molecule is CCC1CCCN(C2Cc3ccc(OC)cc3C2NC)C1. The summed E-state index contributed by atoms with van der Waals surface area (Å²) in [5, 5.41) is 3.55. The van der Waals surface area contributed by atoms with E-state index in [2.05, 4.69) is 42.4 Å². The minimum atomic E-state index is 0.436. The van der Waals surface area contributed by atoms with Crippen LogP contribution in [0.15, 0.2) is 18.2 Å². The summed E-state index contributed by atoms with van der Waals surface area (Å²) >= 11 is 0. The zero-order valence-corrected chi connectivity index (χ0v) is 13.6. The van der Waals surface area contributed by atoms with Gasteiger partial charge in [0, 0.05) is 18.6 Å². The zero-order valence-electron chi connectivity index (χ0n) is 13.6. The van der Waals surface area contributed by atoms with Gasteiger partial charge in [0.15, 0.2) is 0 Å². The molecule has 1 aliphatic heterocycles. The van der Waals surface area contributed by atoms with E-state index in [1.807, 2.05) is 0 Å². The van der Waals surface area contributed by atoms with Crippen molar-refractivity contribution in [3.05, 3.63) is 29.3 Å². The van der Waals surface area contributed by atoms with Crippen LogP contribution in [0.1, 0.15) is 43.4 Å². The molecule has 0 saturated carbocycles. The summed E-state index contributed by atoms with van der Waals surface area (Å²) in [7, 11) is 3.84. The molecule has 116 valence electrons. The Morgan fingerprint density at radius 3 is 2.95 bits per heavy atom. The minimum Gasteiger partial charge on any atom is -0.497 e. The van der Waals surface area contributed by atoms with Crippen molar-refractivity contribution in [2.75, 3.05) is 27.2 Å². The monoisotopic (exact) mass is 288 g/mol. The van der Waals surface area contributed by atoms with Crippen molar-refractivity contribution in [2.24, 2.45) is 5.92 Å². The zero-order chi connectivity index (χ0) is 14.8. The Kier molecular flexibility index (Phi) is 4.51. The number of nitrogens with one attached hydrogen (secondary N) is 1. The van der Waals surface area contributed by atoms with E-state index in [-0.39, 0.29) is 0 Å². The van der Waals surface area contributed by atoms with Gasteiger partial charge < -0.3 is 10.1 Å². The van der Waals surface area contributed by atoms with Gasteiger partial charge in [0.05, 0.1) is 7.11 Å².